The smallest absolute Gasteiger partial charge is 0.251 e. The molecule has 1 atom stereocenters. The lowest BCUT2D eigenvalue weighted by molar-refractivity contribution is -0.614. The molecule has 2 saturated heterocycles. The number of ether oxygens (including phenoxy) is 1. The predicted molar refractivity (Wildman–Crippen MR) is 168 cm³/mol. The third-order valence-electron chi connectivity index (χ3n) is 8.45. The Bertz CT molecular complexity index is 1440. The fraction of sp³-hybridized carbons (Fsp3) is 0.394. The molecule has 0 unspecified atom stereocenters. The summed E-state index contributed by atoms with van der Waals surface area (Å²) in [5.41, 5.74) is 1.28. The van der Waals surface area contributed by atoms with Crippen molar-refractivity contribution in [3.8, 4) is 11.5 Å². The lowest BCUT2D eigenvalue weighted by Crippen LogP contribution is -2.73. The third-order valence-corrected chi connectivity index (χ3v) is 8.45. The van der Waals surface area contributed by atoms with E-state index in [4.69, 9.17) is 4.74 Å². The van der Waals surface area contributed by atoms with E-state index in [0.29, 0.717) is 55.2 Å². The minimum Gasteiger partial charge on any atom is -0.619 e. The second-order valence-corrected chi connectivity index (χ2v) is 11.2. The van der Waals surface area contributed by atoms with Crippen LogP contribution in [0.3, 0.4) is 0 Å². The Kier molecular flexibility index (Phi) is 10.8. The van der Waals surface area contributed by atoms with Crippen molar-refractivity contribution in [1.82, 2.24) is 20.4 Å². The van der Waals surface area contributed by atoms with Gasteiger partial charge >= 0.3 is 0 Å². The van der Waals surface area contributed by atoms with Crippen molar-refractivity contribution in [2.45, 2.75) is 57.2 Å². The van der Waals surface area contributed by atoms with E-state index in [1.807, 2.05) is 29.2 Å². The van der Waals surface area contributed by atoms with Gasteiger partial charge in [0, 0.05) is 50.9 Å². The molecule has 2 N–H and O–H groups in total. The van der Waals surface area contributed by atoms with Gasteiger partial charge in [0.05, 0.1) is 6.42 Å². The Balaban J connectivity index is 0.00000442. The van der Waals surface area contributed by atoms with Crippen molar-refractivity contribution in [3.63, 3.8) is 0 Å². The first-order valence-corrected chi connectivity index (χ1v) is 14.9. The van der Waals surface area contributed by atoms with Gasteiger partial charge in [0.2, 0.25) is 11.8 Å². The number of aromatic nitrogens is 1. The van der Waals surface area contributed by atoms with Crippen molar-refractivity contribution in [2.75, 3.05) is 26.7 Å². The van der Waals surface area contributed by atoms with E-state index in [2.05, 4.69) is 22.5 Å². The number of unbranched alkanes of at least 4 members (excludes halogenated alkanes) is 1. The van der Waals surface area contributed by atoms with Crippen LogP contribution in [0.25, 0.3) is 0 Å². The monoisotopic (exact) mass is 621 g/mol. The number of piperidine rings is 1. The van der Waals surface area contributed by atoms with Crippen LogP contribution >= 0.6 is 12.4 Å². The normalized spacial score (nSPS) is 18.0. The number of nitrogens with zero attached hydrogens (tertiary/aromatic N) is 3. The maximum Gasteiger partial charge on any atom is 0.251 e. The lowest BCUT2D eigenvalue weighted by Gasteiger charge is -2.51. The Morgan fingerprint density at radius 3 is 2.32 bits per heavy atom. The number of hydrogen-bond acceptors (Lipinski definition) is 6. The number of piperazine rings is 1. The number of carbonyl (C=O) groups is 3. The summed E-state index contributed by atoms with van der Waals surface area (Å²) in [5, 5.41) is 17.8. The number of nitrogens with one attached hydrogen (secondary N) is 2. The summed E-state index contributed by atoms with van der Waals surface area (Å²) in [4.78, 5) is 43.2. The number of amides is 3. The summed E-state index contributed by atoms with van der Waals surface area (Å²) in [6.45, 7) is 4.69. The number of halogens is 1. The van der Waals surface area contributed by atoms with Gasteiger partial charge in [-0.1, -0.05) is 31.5 Å². The van der Waals surface area contributed by atoms with Gasteiger partial charge in [0.1, 0.15) is 23.1 Å². The van der Waals surface area contributed by atoms with E-state index < -0.39 is 11.6 Å². The molecule has 2 aromatic carbocycles. The first-order chi connectivity index (χ1) is 20.8. The van der Waals surface area contributed by atoms with Gasteiger partial charge < -0.3 is 25.5 Å². The number of rotatable bonds is 10. The standard InChI is InChI=1S/C33H39N5O5.ClH/c1-3-4-18-37-31(40)29(22-26-7-5-6-19-38(26)42)35-32(41)33(37)16-20-36(21-17-33)23-24-8-12-27(13-9-24)43-28-14-10-25(11-15-28)30(39)34-2;/h5-15,19,29H,3-4,16-18,20-23H2,1-2H3,(H,34,39)(H,35,41);1H/t29-;/m0./s1. The molecule has 44 heavy (non-hydrogen) atoms. The minimum absolute atomic E-state index is 0. The Morgan fingerprint density at radius 1 is 1.05 bits per heavy atom. The van der Waals surface area contributed by atoms with E-state index >= 15 is 0 Å². The fourth-order valence-electron chi connectivity index (χ4n) is 5.94. The average molecular weight is 622 g/mol. The van der Waals surface area contributed by atoms with Crippen LogP contribution in [0.1, 0.15) is 54.2 Å². The van der Waals surface area contributed by atoms with Crippen LogP contribution in [-0.2, 0) is 22.6 Å². The zero-order chi connectivity index (χ0) is 30.4. The number of pyridine rings is 1. The van der Waals surface area contributed by atoms with E-state index in [-0.39, 0.29) is 36.5 Å². The highest BCUT2D eigenvalue weighted by Crippen LogP contribution is 2.34. The predicted octanol–water partition coefficient (Wildman–Crippen LogP) is 3.60. The van der Waals surface area contributed by atoms with E-state index in [1.54, 1.807) is 49.5 Å². The van der Waals surface area contributed by atoms with Crippen LogP contribution in [0.2, 0.25) is 0 Å². The summed E-state index contributed by atoms with van der Waals surface area (Å²) in [6.07, 6.45) is 4.42. The molecular weight excluding hydrogens is 582 g/mol. The molecule has 3 amide bonds. The molecule has 5 rings (SSSR count). The molecule has 2 fully saturated rings. The van der Waals surface area contributed by atoms with Crippen molar-refractivity contribution >= 4 is 30.1 Å². The van der Waals surface area contributed by atoms with Gasteiger partial charge in [-0.05, 0) is 61.2 Å². The zero-order valence-corrected chi connectivity index (χ0v) is 26.0. The van der Waals surface area contributed by atoms with E-state index in [1.165, 1.54) is 6.20 Å². The zero-order valence-electron chi connectivity index (χ0n) is 25.2. The Hall–Kier alpha value is -4.15. The molecule has 234 valence electrons. The van der Waals surface area contributed by atoms with Gasteiger partial charge in [0.25, 0.3) is 5.91 Å². The summed E-state index contributed by atoms with van der Waals surface area (Å²) in [6, 6.07) is 19.2. The largest absolute Gasteiger partial charge is 0.619 e. The highest BCUT2D eigenvalue weighted by atomic mass is 35.5. The molecule has 0 bridgehead atoms. The SMILES string of the molecule is CCCCN1C(=O)[C@H](Cc2cccc[n+]2[O-])NC(=O)C12CCN(Cc1ccc(Oc3ccc(C(=O)NC)cc3)cc1)CC2.Cl. The van der Waals surface area contributed by atoms with Gasteiger partial charge in [-0.2, -0.15) is 4.73 Å². The Labute approximate surface area is 264 Å². The maximum absolute atomic E-state index is 13.7. The summed E-state index contributed by atoms with van der Waals surface area (Å²) >= 11 is 0. The van der Waals surface area contributed by atoms with Gasteiger partial charge in [-0.25, -0.2) is 0 Å². The highest BCUT2D eigenvalue weighted by molar-refractivity contribution is 6.00. The molecule has 1 aromatic heterocycles. The molecule has 3 heterocycles. The molecule has 0 radical (unpaired) electrons. The molecule has 2 aliphatic rings. The topological polar surface area (TPSA) is 118 Å². The second-order valence-electron chi connectivity index (χ2n) is 11.2. The van der Waals surface area contributed by atoms with Gasteiger partial charge in [0.15, 0.2) is 11.9 Å². The summed E-state index contributed by atoms with van der Waals surface area (Å²) in [5.74, 6) is 0.975. The minimum atomic E-state index is -0.867. The number of likely N-dealkylation sites (tertiary alicyclic amines) is 1. The average Bonchev–Trinajstić information content (AvgIpc) is 3.03. The van der Waals surface area contributed by atoms with Crippen LogP contribution < -0.4 is 20.1 Å². The van der Waals surface area contributed by atoms with E-state index in [9.17, 15) is 19.6 Å². The molecule has 11 heteroatoms. The highest BCUT2D eigenvalue weighted by Gasteiger charge is 2.53. The van der Waals surface area contributed by atoms with Crippen LogP contribution in [0.4, 0.5) is 0 Å². The quantitative estimate of drug-likeness (QED) is 0.264. The van der Waals surface area contributed by atoms with Crippen LogP contribution in [0.5, 0.6) is 11.5 Å². The first-order valence-electron chi connectivity index (χ1n) is 14.9. The van der Waals surface area contributed by atoms with Crippen molar-refractivity contribution in [1.29, 1.82) is 0 Å². The number of carbonyl (C=O) groups excluding carboxylic acids is 3. The first kappa shape index (κ1) is 32.8. The van der Waals surface area contributed by atoms with Crippen LogP contribution in [0, 0.1) is 5.21 Å². The number of hydrogen-bond donors (Lipinski definition) is 2. The molecule has 0 saturated carbocycles. The van der Waals surface area contributed by atoms with E-state index in [0.717, 1.165) is 29.7 Å². The molecule has 2 aliphatic heterocycles. The summed E-state index contributed by atoms with van der Waals surface area (Å²) < 4.78 is 6.69. The molecule has 3 aromatic rings. The molecular formula is C33H40ClN5O5. The number of benzene rings is 2. The molecule has 1 spiro atoms. The van der Waals surface area contributed by atoms with Gasteiger partial charge in [-0.3, -0.25) is 19.3 Å². The maximum atomic E-state index is 13.7. The molecule has 0 aliphatic carbocycles. The molecule has 10 nitrogen and oxygen atoms in total. The van der Waals surface area contributed by atoms with Gasteiger partial charge in [-0.15, -0.1) is 12.4 Å². The van der Waals surface area contributed by atoms with Crippen LogP contribution in [0.15, 0.2) is 72.9 Å². The third kappa shape index (κ3) is 7.14. The van der Waals surface area contributed by atoms with Crippen molar-refractivity contribution in [2.24, 2.45) is 0 Å². The fourth-order valence-corrected chi connectivity index (χ4v) is 5.94. The second kappa shape index (κ2) is 14.5. The van der Waals surface area contributed by atoms with Crippen molar-refractivity contribution in [3.05, 3.63) is 95.0 Å². The summed E-state index contributed by atoms with van der Waals surface area (Å²) in [7, 11) is 1.60. The Morgan fingerprint density at radius 2 is 1.70 bits per heavy atom. The van der Waals surface area contributed by atoms with Crippen LogP contribution in [-0.4, -0.2) is 65.8 Å². The van der Waals surface area contributed by atoms with Crippen molar-refractivity contribution < 1.29 is 23.9 Å². The lowest BCUT2D eigenvalue weighted by atomic mass is 9.81.